The van der Waals surface area contributed by atoms with Crippen molar-refractivity contribution in [1.29, 1.82) is 0 Å². The van der Waals surface area contributed by atoms with Gasteiger partial charge >= 0.3 is 0 Å². The van der Waals surface area contributed by atoms with Gasteiger partial charge in [-0.25, -0.2) is 4.98 Å². The molecule has 2 rings (SSSR count). The minimum Gasteiger partial charge on any atom is -0.328 e. The summed E-state index contributed by atoms with van der Waals surface area (Å²) in [6.07, 6.45) is 2.63. The molecule has 1 heterocycles. The van der Waals surface area contributed by atoms with Crippen LogP contribution < -0.4 is 0 Å². The van der Waals surface area contributed by atoms with Crippen molar-refractivity contribution >= 4 is 11.6 Å². The molecule has 0 fully saturated rings. The predicted molar refractivity (Wildman–Crippen MR) is 47.9 cm³/mol. The van der Waals surface area contributed by atoms with E-state index in [4.69, 9.17) is 11.6 Å². The van der Waals surface area contributed by atoms with E-state index in [9.17, 15) is 0 Å². The first-order chi connectivity index (χ1) is 5.86. The topological polar surface area (TPSA) is 28.7 Å². The fourth-order valence-corrected chi connectivity index (χ4v) is 1.13. The molecule has 0 saturated heterocycles. The molecule has 1 aromatic carbocycles. The van der Waals surface area contributed by atoms with E-state index in [-0.39, 0.29) is 0 Å². The van der Waals surface area contributed by atoms with Crippen LogP contribution in [0.3, 0.4) is 0 Å². The summed E-state index contributed by atoms with van der Waals surface area (Å²) in [5.74, 6) is 0.751. The van der Waals surface area contributed by atoms with Crippen LogP contribution in [0.1, 0.15) is 0 Å². The van der Waals surface area contributed by atoms with Crippen molar-refractivity contribution in [3.05, 3.63) is 41.7 Å². The van der Waals surface area contributed by atoms with Crippen molar-refractivity contribution in [1.82, 2.24) is 9.97 Å². The Morgan fingerprint density at radius 1 is 1.25 bits per heavy atom. The number of hydrogen-bond acceptors (Lipinski definition) is 1. The van der Waals surface area contributed by atoms with Gasteiger partial charge in [-0.05, 0) is 0 Å². The molecule has 0 unspecified atom stereocenters. The first-order valence-corrected chi connectivity index (χ1v) is 3.92. The standard InChI is InChI=1S/C9H6ClN2/c10-8-6-11-9(12-8)7-4-2-1-3-5-7/h1-5H,(H,11,12). The molecular formula is C9H6ClN2. The number of aromatic nitrogens is 2. The van der Waals surface area contributed by atoms with Crippen LogP contribution in [0.2, 0.25) is 5.15 Å². The molecule has 3 heteroatoms. The first-order valence-electron chi connectivity index (χ1n) is 3.55. The van der Waals surface area contributed by atoms with Gasteiger partial charge in [0.05, 0.1) is 0 Å². The number of imidazole rings is 1. The second-order valence-electron chi connectivity index (χ2n) is 2.38. The normalized spacial score (nSPS) is 10.1. The zero-order valence-corrected chi connectivity index (χ0v) is 6.97. The van der Waals surface area contributed by atoms with Crippen LogP contribution in [0.15, 0.2) is 30.3 Å². The van der Waals surface area contributed by atoms with Crippen molar-refractivity contribution in [2.24, 2.45) is 0 Å². The Labute approximate surface area is 75.2 Å². The Balaban J connectivity index is 2.45. The summed E-state index contributed by atoms with van der Waals surface area (Å²) in [5, 5.41) is 0.439. The smallest absolute Gasteiger partial charge is 0.139 e. The first kappa shape index (κ1) is 7.37. The molecular weight excluding hydrogens is 172 g/mol. The number of H-pyrrole nitrogens is 1. The molecule has 59 valence electrons. The highest BCUT2D eigenvalue weighted by Crippen LogP contribution is 2.15. The summed E-state index contributed by atoms with van der Waals surface area (Å²) in [4.78, 5) is 6.86. The number of halogens is 1. The van der Waals surface area contributed by atoms with Gasteiger partial charge in [-0.1, -0.05) is 41.9 Å². The van der Waals surface area contributed by atoms with Crippen molar-refractivity contribution in [2.75, 3.05) is 0 Å². The minimum absolute atomic E-state index is 0.439. The third-order valence-electron chi connectivity index (χ3n) is 1.54. The van der Waals surface area contributed by atoms with E-state index in [0.717, 1.165) is 11.4 Å². The predicted octanol–water partition coefficient (Wildman–Crippen LogP) is 2.53. The highest BCUT2D eigenvalue weighted by Gasteiger charge is 1.99. The van der Waals surface area contributed by atoms with E-state index >= 15 is 0 Å². The number of nitrogens with zero attached hydrogens (tertiary/aromatic N) is 1. The van der Waals surface area contributed by atoms with E-state index < -0.39 is 0 Å². The van der Waals surface area contributed by atoms with Gasteiger partial charge in [0.25, 0.3) is 0 Å². The molecule has 1 N–H and O–H groups in total. The molecule has 2 aromatic rings. The molecule has 0 amide bonds. The molecule has 0 saturated carbocycles. The molecule has 0 bridgehead atoms. The molecule has 2 nitrogen and oxygen atoms in total. The third kappa shape index (κ3) is 1.34. The van der Waals surface area contributed by atoms with Gasteiger partial charge in [0.15, 0.2) is 0 Å². The fourth-order valence-electron chi connectivity index (χ4n) is 0.998. The summed E-state index contributed by atoms with van der Waals surface area (Å²) >= 11 is 5.64. The number of aromatic amines is 1. The average Bonchev–Trinajstić information content (AvgIpc) is 2.54. The van der Waals surface area contributed by atoms with Gasteiger partial charge in [-0.3, -0.25) is 0 Å². The Morgan fingerprint density at radius 3 is 2.58 bits per heavy atom. The van der Waals surface area contributed by atoms with E-state index in [2.05, 4.69) is 16.2 Å². The third-order valence-corrected chi connectivity index (χ3v) is 1.72. The molecule has 12 heavy (non-hydrogen) atoms. The van der Waals surface area contributed by atoms with Crippen LogP contribution in [0.5, 0.6) is 0 Å². The number of rotatable bonds is 1. The van der Waals surface area contributed by atoms with Crippen LogP contribution >= 0.6 is 11.6 Å². The zero-order valence-electron chi connectivity index (χ0n) is 6.21. The van der Waals surface area contributed by atoms with Gasteiger partial charge in [0.2, 0.25) is 0 Å². The van der Waals surface area contributed by atoms with Crippen LogP contribution in [0, 0.1) is 6.20 Å². The Hall–Kier alpha value is -1.28. The van der Waals surface area contributed by atoms with Crippen molar-refractivity contribution in [3.8, 4) is 11.4 Å². The molecule has 0 aliphatic heterocycles. The lowest BCUT2D eigenvalue weighted by atomic mass is 10.2. The number of benzene rings is 1. The Kier molecular flexibility index (Phi) is 1.84. The number of nitrogens with one attached hydrogen (secondary N) is 1. The maximum absolute atomic E-state index is 5.64. The lowest BCUT2D eigenvalue weighted by molar-refractivity contribution is 1.31. The Bertz CT molecular complexity index is 367. The van der Waals surface area contributed by atoms with Crippen LogP contribution in [-0.4, -0.2) is 9.97 Å². The van der Waals surface area contributed by atoms with Gasteiger partial charge in [-0.2, -0.15) is 0 Å². The second-order valence-corrected chi connectivity index (χ2v) is 2.76. The molecule has 1 radical (unpaired) electrons. The average molecular weight is 178 g/mol. The van der Waals surface area contributed by atoms with E-state index in [1.807, 2.05) is 30.3 Å². The van der Waals surface area contributed by atoms with Gasteiger partial charge in [-0.15, -0.1) is 0 Å². The van der Waals surface area contributed by atoms with Crippen LogP contribution in [0.4, 0.5) is 0 Å². The quantitative estimate of drug-likeness (QED) is 0.713. The highest BCUT2D eigenvalue weighted by atomic mass is 35.5. The van der Waals surface area contributed by atoms with Crippen molar-refractivity contribution in [2.45, 2.75) is 0 Å². The van der Waals surface area contributed by atoms with Crippen LogP contribution in [0.25, 0.3) is 11.4 Å². The van der Waals surface area contributed by atoms with Gasteiger partial charge in [0, 0.05) is 5.56 Å². The second kappa shape index (κ2) is 2.99. The SMILES string of the molecule is Clc1[c]nc(-c2ccccc2)[nH]1. The fraction of sp³-hybridized carbons (Fsp3) is 0. The van der Waals surface area contributed by atoms with E-state index in [0.29, 0.717) is 5.15 Å². The summed E-state index contributed by atoms with van der Waals surface area (Å²) in [5.41, 5.74) is 1.01. The molecule has 0 spiro atoms. The minimum atomic E-state index is 0.439. The monoisotopic (exact) mass is 177 g/mol. The summed E-state index contributed by atoms with van der Waals surface area (Å²) in [7, 11) is 0. The molecule has 1 aromatic heterocycles. The maximum Gasteiger partial charge on any atom is 0.139 e. The molecule has 0 atom stereocenters. The van der Waals surface area contributed by atoms with E-state index in [1.165, 1.54) is 0 Å². The maximum atomic E-state index is 5.64. The lowest BCUT2D eigenvalue weighted by Gasteiger charge is -1.93. The molecule has 0 aliphatic rings. The largest absolute Gasteiger partial charge is 0.328 e. The zero-order chi connectivity index (χ0) is 8.39. The molecule has 0 aliphatic carbocycles. The highest BCUT2D eigenvalue weighted by molar-refractivity contribution is 6.29. The summed E-state index contributed by atoms with van der Waals surface area (Å²) < 4.78 is 0. The van der Waals surface area contributed by atoms with Crippen molar-refractivity contribution < 1.29 is 0 Å². The van der Waals surface area contributed by atoms with Crippen LogP contribution in [-0.2, 0) is 0 Å². The van der Waals surface area contributed by atoms with Crippen molar-refractivity contribution in [3.63, 3.8) is 0 Å². The summed E-state index contributed by atoms with van der Waals surface area (Å²) in [6, 6.07) is 9.78. The van der Waals surface area contributed by atoms with E-state index in [1.54, 1.807) is 0 Å². The Morgan fingerprint density at radius 2 is 2.00 bits per heavy atom. The number of hydrogen-bond donors (Lipinski definition) is 1. The summed E-state index contributed by atoms with van der Waals surface area (Å²) in [6.45, 7) is 0. The lowest BCUT2D eigenvalue weighted by Crippen LogP contribution is -1.77. The van der Waals surface area contributed by atoms with Gasteiger partial charge in [0.1, 0.15) is 17.2 Å². The van der Waals surface area contributed by atoms with Gasteiger partial charge < -0.3 is 4.98 Å².